The van der Waals surface area contributed by atoms with Crippen LogP contribution in [0.1, 0.15) is 44.9 Å². The summed E-state index contributed by atoms with van der Waals surface area (Å²) < 4.78 is 6.24. The Morgan fingerprint density at radius 2 is 2.07 bits per heavy atom. The lowest BCUT2D eigenvalue weighted by atomic mass is 9.92. The fourth-order valence-corrected chi connectivity index (χ4v) is 5.24. The summed E-state index contributed by atoms with van der Waals surface area (Å²) in [5.74, 6) is 0.144. The van der Waals surface area contributed by atoms with Gasteiger partial charge in [0.05, 0.1) is 29.8 Å². The zero-order valence-electron chi connectivity index (χ0n) is 16.3. The van der Waals surface area contributed by atoms with E-state index in [0.717, 1.165) is 36.0 Å². The molecule has 142 valence electrons. The third-order valence-corrected chi connectivity index (χ3v) is 6.49. The first-order chi connectivity index (χ1) is 12.9. The average molecular weight is 365 g/mol. The van der Waals surface area contributed by atoms with Crippen LogP contribution in [-0.4, -0.2) is 45.1 Å². The largest absolute Gasteiger partial charge is 0.359 e. The van der Waals surface area contributed by atoms with Gasteiger partial charge < -0.3 is 9.64 Å². The smallest absolute Gasteiger partial charge is 0.230 e. The number of amides is 1. The molecule has 0 N–H and O–H groups in total. The van der Waals surface area contributed by atoms with Crippen molar-refractivity contribution in [3.8, 4) is 0 Å². The number of hydrogen-bond donors (Lipinski definition) is 0. The molecular weight excluding hydrogens is 338 g/mol. The Kier molecular flexibility index (Phi) is 3.82. The van der Waals surface area contributed by atoms with E-state index in [1.54, 1.807) is 0 Å². The quantitative estimate of drug-likeness (QED) is 0.778. The molecule has 2 fully saturated rings. The van der Waals surface area contributed by atoms with Crippen molar-refractivity contribution < 1.29 is 9.53 Å². The van der Waals surface area contributed by atoms with Crippen molar-refractivity contribution in [2.45, 2.75) is 64.6 Å². The summed E-state index contributed by atoms with van der Waals surface area (Å²) in [5, 5.41) is 1.14. The van der Waals surface area contributed by atoms with Gasteiger partial charge in [-0.3, -0.25) is 14.7 Å². The van der Waals surface area contributed by atoms with E-state index in [4.69, 9.17) is 9.72 Å². The number of hydrogen-bond acceptors (Lipinski definition) is 4. The van der Waals surface area contributed by atoms with Crippen LogP contribution in [0.5, 0.6) is 0 Å². The van der Waals surface area contributed by atoms with E-state index >= 15 is 0 Å². The van der Waals surface area contributed by atoms with E-state index in [9.17, 15) is 4.79 Å². The second-order valence-corrected chi connectivity index (χ2v) is 8.92. The molecule has 0 bridgehead atoms. The van der Waals surface area contributed by atoms with Crippen LogP contribution in [0, 0.1) is 5.92 Å². The lowest BCUT2D eigenvalue weighted by Crippen LogP contribution is -2.57. The van der Waals surface area contributed by atoms with E-state index in [1.807, 2.05) is 23.1 Å². The first-order valence-corrected chi connectivity index (χ1v) is 10.0. The summed E-state index contributed by atoms with van der Waals surface area (Å²) in [6, 6.07) is 10.4. The zero-order valence-corrected chi connectivity index (χ0v) is 16.3. The van der Waals surface area contributed by atoms with Gasteiger partial charge in [0, 0.05) is 24.0 Å². The fourth-order valence-electron chi connectivity index (χ4n) is 5.24. The van der Waals surface area contributed by atoms with Crippen molar-refractivity contribution in [1.82, 2.24) is 14.8 Å². The molecule has 1 amide bonds. The van der Waals surface area contributed by atoms with Crippen LogP contribution < -0.4 is 0 Å². The Morgan fingerprint density at radius 1 is 1.26 bits per heavy atom. The molecule has 5 heteroatoms. The Hall–Kier alpha value is -1.98. The maximum atomic E-state index is 13.4. The van der Waals surface area contributed by atoms with Crippen molar-refractivity contribution in [2.75, 3.05) is 6.54 Å². The van der Waals surface area contributed by atoms with Gasteiger partial charge >= 0.3 is 0 Å². The van der Waals surface area contributed by atoms with Gasteiger partial charge in [-0.1, -0.05) is 18.2 Å². The molecule has 5 nitrogen and oxygen atoms in total. The molecule has 4 heterocycles. The molecule has 2 aromatic rings. The van der Waals surface area contributed by atoms with Gasteiger partial charge in [0.1, 0.15) is 6.23 Å². The molecule has 0 aliphatic carbocycles. The van der Waals surface area contributed by atoms with Crippen LogP contribution in [-0.2, 0) is 22.6 Å². The lowest BCUT2D eigenvalue weighted by molar-refractivity contribution is -0.184. The molecule has 2 saturated heterocycles. The van der Waals surface area contributed by atoms with E-state index in [0.29, 0.717) is 13.1 Å². The maximum absolute atomic E-state index is 13.4. The van der Waals surface area contributed by atoms with Gasteiger partial charge in [-0.25, -0.2) is 0 Å². The van der Waals surface area contributed by atoms with E-state index in [-0.39, 0.29) is 29.7 Å². The molecule has 3 aliphatic heterocycles. The molecule has 3 aliphatic rings. The van der Waals surface area contributed by atoms with E-state index in [1.165, 1.54) is 5.56 Å². The fraction of sp³-hybridized carbons (Fsp3) is 0.545. The van der Waals surface area contributed by atoms with Crippen LogP contribution >= 0.6 is 0 Å². The molecule has 1 aromatic carbocycles. The summed E-state index contributed by atoms with van der Waals surface area (Å²) in [5.41, 5.74) is 3.30. The number of benzene rings is 1. The van der Waals surface area contributed by atoms with E-state index in [2.05, 4.69) is 37.8 Å². The van der Waals surface area contributed by atoms with Crippen molar-refractivity contribution >= 4 is 16.8 Å². The number of nitrogens with zero attached hydrogens (tertiary/aromatic N) is 3. The highest BCUT2D eigenvalue weighted by atomic mass is 16.5. The van der Waals surface area contributed by atoms with Gasteiger partial charge in [0.15, 0.2) is 0 Å². The molecule has 3 atom stereocenters. The molecule has 27 heavy (non-hydrogen) atoms. The topological polar surface area (TPSA) is 45.7 Å². The first kappa shape index (κ1) is 17.1. The minimum absolute atomic E-state index is 0.0734. The van der Waals surface area contributed by atoms with Crippen molar-refractivity contribution in [1.29, 1.82) is 0 Å². The Labute approximate surface area is 160 Å². The molecular formula is C22H27N3O2. The summed E-state index contributed by atoms with van der Waals surface area (Å²) >= 11 is 0. The Bertz CT molecular complexity index is 865. The van der Waals surface area contributed by atoms with Crippen LogP contribution in [0.2, 0.25) is 0 Å². The minimum atomic E-state index is -0.0907. The summed E-state index contributed by atoms with van der Waals surface area (Å²) in [6.07, 6.45) is 1.99. The van der Waals surface area contributed by atoms with Crippen LogP contribution in [0.4, 0.5) is 0 Å². The predicted octanol–water partition coefficient (Wildman–Crippen LogP) is 3.31. The zero-order chi connectivity index (χ0) is 18.8. The van der Waals surface area contributed by atoms with Gasteiger partial charge in [-0.2, -0.15) is 0 Å². The van der Waals surface area contributed by atoms with Crippen LogP contribution in [0.3, 0.4) is 0 Å². The number of pyridine rings is 1. The van der Waals surface area contributed by atoms with Crippen molar-refractivity contribution in [2.24, 2.45) is 5.92 Å². The number of para-hydroxylation sites is 1. The van der Waals surface area contributed by atoms with Crippen molar-refractivity contribution in [3.05, 3.63) is 41.6 Å². The highest BCUT2D eigenvalue weighted by Gasteiger charge is 2.50. The lowest BCUT2D eigenvalue weighted by Gasteiger charge is -2.47. The second-order valence-electron chi connectivity index (χ2n) is 8.92. The highest BCUT2D eigenvalue weighted by molar-refractivity contribution is 5.82. The predicted molar refractivity (Wildman–Crippen MR) is 104 cm³/mol. The monoisotopic (exact) mass is 365 g/mol. The summed E-state index contributed by atoms with van der Waals surface area (Å²) in [6.45, 7) is 8.87. The molecule has 0 saturated carbocycles. The second kappa shape index (κ2) is 6.01. The first-order valence-electron chi connectivity index (χ1n) is 10.0. The average Bonchev–Trinajstić information content (AvgIpc) is 3.22. The Balaban J connectivity index is 1.38. The normalized spacial score (nSPS) is 29.7. The number of carbonyl (C=O) groups is 1. The molecule has 5 rings (SSSR count). The molecule has 0 radical (unpaired) electrons. The molecule has 1 aromatic heterocycles. The number of carbonyl (C=O) groups excluding carboxylic acids is 1. The number of aromatic nitrogens is 1. The SMILES string of the molecule is C[C@@H]1CC(C)(C)N2CC[C@H](C(=O)N3Cc4cc5ccccc5nc4C3)[C@@H]2O1. The summed E-state index contributed by atoms with van der Waals surface area (Å²) in [4.78, 5) is 22.5. The minimum Gasteiger partial charge on any atom is -0.359 e. The number of fused-ring (bicyclic) bond motifs is 3. The van der Waals surface area contributed by atoms with Gasteiger partial charge in [-0.05, 0) is 51.3 Å². The molecule has 0 spiro atoms. The highest BCUT2D eigenvalue weighted by Crippen LogP contribution is 2.41. The van der Waals surface area contributed by atoms with Crippen molar-refractivity contribution in [3.63, 3.8) is 0 Å². The van der Waals surface area contributed by atoms with Crippen LogP contribution in [0.15, 0.2) is 30.3 Å². The number of rotatable bonds is 1. The van der Waals surface area contributed by atoms with Gasteiger partial charge in [0.2, 0.25) is 5.91 Å². The van der Waals surface area contributed by atoms with Crippen LogP contribution in [0.25, 0.3) is 10.9 Å². The number of ether oxygens (including phenoxy) is 1. The van der Waals surface area contributed by atoms with Gasteiger partial charge in [-0.15, -0.1) is 0 Å². The summed E-state index contributed by atoms with van der Waals surface area (Å²) in [7, 11) is 0. The van der Waals surface area contributed by atoms with E-state index < -0.39 is 0 Å². The maximum Gasteiger partial charge on any atom is 0.230 e. The third kappa shape index (κ3) is 2.75. The Morgan fingerprint density at radius 3 is 2.93 bits per heavy atom. The third-order valence-electron chi connectivity index (χ3n) is 6.49. The standard InChI is InChI=1S/C22H27N3O2/c1-14-11-22(2,3)25-9-8-17(21(25)27-14)20(26)24-12-16-10-15-6-4-5-7-18(15)23-19(16)13-24/h4-7,10,14,17,21H,8-9,11-13H2,1-3H3/t14-,17-,21+/m1/s1. The molecule has 0 unspecified atom stereocenters. The van der Waals surface area contributed by atoms with Gasteiger partial charge in [0.25, 0.3) is 0 Å².